The van der Waals surface area contributed by atoms with Gasteiger partial charge in [0.25, 0.3) is 0 Å². The molecule has 0 fully saturated rings. The molecule has 0 unspecified atom stereocenters. The van der Waals surface area contributed by atoms with Crippen molar-refractivity contribution in [3.8, 4) is 5.75 Å². The Bertz CT molecular complexity index is 534. The van der Waals surface area contributed by atoms with E-state index >= 15 is 0 Å². The van der Waals surface area contributed by atoms with Crippen LogP contribution in [-0.4, -0.2) is 16.1 Å². The van der Waals surface area contributed by atoms with Crippen LogP contribution in [-0.2, 0) is 6.73 Å². The van der Waals surface area contributed by atoms with Crippen LogP contribution in [0.25, 0.3) is 0 Å². The van der Waals surface area contributed by atoms with Crippen molar-refractivity contribution in [3.63, 3.8) is 0 Å². The van der Waals surface area contributed by atoms with Crippen LogP contribution in [0.1, 0.15) is 15.9 Å². The normalized spacial score (nSPS) is 10.2. The number of para-hydroxylation sites is 1. The van der Waals surface area contributed by atoms with Crippen LogP contribution in [0, 0.1) is 6.92 Å². The standard InChI is InChI=1S/C12H13N3O2/c1-9-3-2-4-10(7-16)12(9)17-8-15-11(13)5-6-14-15/h2-7H,8,13H2,1H3. The van der Waals surface area contributed by atoms with Crippen molar-refractivity contribution < 1.29 is 9.53 Å². The number of nitrogens with two attached hydrogens (primary N) is 1. The maximum atomic E-state index is 10.9. The van der Waals surface area contributed by atoms with Crippen LogP contribution in [0.5, 0.6) is 5.75 Å². The highest BCUT2D eigenvalue weighted by Crippen LogP contribution is 2.22. The minimum atomic E-state index is 0.185. The lowest BCUT2D eigenvalue weighted by Crippen LogP contribution is -2.11. The zero-order valence-corrected chi connectivity index (χ0v) is 9.46. The van der Waals surface area contributed by atoms with E-state index in [1.54, 1.807) is 18.3 Å². The summed E-state index contributed by atoms with van der Waals surface area (Å²) >= 11 is 0. The van der Waals surface area contributed by atoms with Gasteiger partial charge in [0.15, 0.2) is 13.0 Å². The average Bonchev–Trinajstić information content (AvgIpc) is 2.73. The second kappa shape index (κ2) is 4.69. The summed E-state index contributed by atoms with van der Waals surface area (Å²) in [6.45, 7) is 2.07. The molecule has 0 bridgehead atoms. The van der Waals surface area contributed by atoms with Gasteiger partial charge in [-0.2, -0.15) is 5.10 Å². The maximum absolute atomic E-state index is 10.9. The second-order valence-corrected chi connectivity index (χ2v) is 3.64. The summed E-state index contributed by atoms with van der Waals surface area (Å²) in [5.74, 6) is 1.09. The smallest absolute Gasteiger partial charge is 0.183 e. The van der Waals surface area contributed by atoms with Gasteiger partial charge in [0.1, 0.15) is 11.6 Å². The Kier molecular flexibility index (Phi) is 3.09. The first-order valence-corrected chi connectivity index (χ1v) is 5.17. The van der Waals surface area contributed by atoms with Gasteiger partial charge in [-0.25, -0.2) is 4.68 Å². The fourth-order valence-corrected chi connectivity index (χ4v) is 1.54. The number of ether oxygens (including phenoxy) is 1. The Hall–Kier alpha value is -2.30. The largest absolute Gasteiger partial charge is 0.470 e. The number of anilines is 1. The van der Waals surface area contributed by atoms with Crippen LogP contribution in [0.2, 0.25) is 0 Å². The molecule has 88 valence electrons. The fourth-order valence-electron chi connectivity index (χ4n) is 1.54. The first-order valence-electron chi connectivity index (χ1n) is 5.17. The lowest BCUT2D eigenvalue weighted by atomic mass is 10.1. The lowest BCUT2D eigenvalue weighted by molar-refractivity contribution is 0.111. The zero-order valence-electron chi connectivity index (χ0n) is 9.46. The molecule has 5 nitrogen and oxygen atoms in total. The highest BCUT2D eigenvalue weighted by molar-refractivity contribution is 5.80. The van der Waals surface area contributed by atoms with E-state index in [-0.39, 0.29) is 6.73 Å². The average molecular weight is 231 g/mol. The number of aldehydes is 1. The molecule has 0 amide bonds. The number of carbonyl (C=O) groups is 1. The van der Waals surface area contributed by atoms with Gasteiger partial charge in [0.05, 0.1) is 11.8 Å². The minimum Gasteiger partial charge on any atom is -0.470 e. The first-order chi connectivity index (χ1) is 8.22. The number of aromatic nitrogens is 2. The van der Waals surface area contributed by atoms with Gasteiger partial charge < -0.3 is 10.5 Å². The summed E-state index contributed by atoms with van der Waals surface area (Å²) in [6.07, 6.45) is 2.37. The summed E-state index contributed by atoms with van der Waals surface area (Å²) < 4.78 is 7.09. The van der Waals surface area contributed by atoms with Gasteiger partial charge in [-0.3, -0.25) is 4.79 Å². The highest BCUT2D eigenvalue weighted by atomic mass is 16.5. The maximum Gasteiger partial charge on any atom is 0.183 e. The van der Waals surface area contributed by atoms with Crippen molar-refractivity contribution in [2.75, 3.05) is 5.73 Å². The quantitative estimate of drug-likeness (QED) is 0.812. The molecule has 0 spiro atoms. The molecule has 2 rings (SSSR count). The van der Waals surface area contributed by atoms with Crippen molar-refractivity contribution in [3.05, 3.63) is 41.6 Å². The number of hydrogen-bond acceptors (Lipinski definition) is 4. The summed E-state index contributed by atoms with van der Waals surface area (Å²) in [7, 11) is 0. The van der Waals surface area contributed by atoms with E-state index in [1.165, 1.54) is 4.68 Å². The van der Waals surface area contributed by atoms with Gasteiger partial charge in [-0.1, -0.05) is 12.1 Å². The monoisotopic (exact) mass is 231 g/mol. The number of hydrogen-bond donors (Lipinski definition) is 1. The summed E-state index contributed by atoms with van der Waals surface area (Å²) in [5.41, 5.74) is 7.09. The third-order valence-electron chi connectivity index (χ3n) is 2.45. The van der Waals surface area contributed by atoms with Crippen molar-refractivity contribution in [2.45, 2.75) is 13.7 Å². The summed E-state index contributed by atoms with van der Waals surface area (Å²) in [4.78, 5) is 10.9. The van der Waals surface area contributed by atoms with E-state index in [9.17, 15) is 4.79 Å². The zero-order chi connectivity index (χ0) is 12.3. The molecule has 0 aliphatic rings. The molecule has 1 aromatic heterocycles. The van der Waals surface area contributed by atoms with Crippen LogP contribution in [0.4, 0.5) is 5.82 Å². The van der Waals surface area contributed by atoms with Crippen molar-refractivity contribution in [2.24, 2.45) is 0 Å². The Morgan fingerprint density at radius 2 is 2.29 bits per heavy atom. The predicted molar refractivity (Wildman–Crippen MR) is 63.8 cm³/mol. The van der Waals surface area contributed by atoms with Crippen molar-refractivity contribution >= 4 is 12.1 Å². The molecule has 5 heteroatoms. The van der Waals surface area contributed by atoms with Crippen LogP contribution < -0.4 is 10.5 Å². The number of nitrogens with zero attached hydrogens (tertiary/aromatic N) is 2. The summed E-state index contributed by atoms with van der Waals surface area (Å²) in [5, 5.41) is 3.99. The van der Waals surface area contributed by atoms with E-state index in [0.717, 1.165) is 11.8 Å². The topological polar surface area (TPSA) is 70.1 Å². The molecule has 1 heterocycles. The Morgan fingerprint density at radius 1 is 1.47 bits per heavy atom. The fraction of sp³-hybridized carbons (Fsp3) is 0.167. The lowest BCUT2D eigenvalue weighted by Gasteiger charge is -2.11. The number of rotatable bonds is 4. The van der Waals surface area contributed by atoms with Gasteiger partial charge >= 0.3 is 0 Å². The molecule has 0 aliphatic heterocycles. The minimum absolute atomic E-state index is 0.185. The predicted octanol–water partition coefficient (Wildman–Crippen LogP) is 1.62. The number of nitrogen functional groups attached to an aromatic ring is 1. The molecule has 1 aromatic carbocycles. The van der Waals surface area contributed by atoms with Crippen LogP contribution in [0.3, 0.4) is 0 Å². The van der Waals surface area contributed by atoms with Crippen molar-refractivity contribution in [1.29, 1.82) is 0 Å². The molecule has 2 N–H and O–H groups in total. The Morgan fingerprint density at radius 3 is 2.94 bits per heavy atom. The third kappa shape index (κ3) is 2.28. The van der Waals surface area contributed by atoms with E-state index in [4.69, 9.17) is 10.5 Å². The first kappa shape index (κ1) is 11.2. The molecule has 0 saturated heterocycles. The molecular weight excluding hydrogens is 218 g/mol. The number of aryl methyl sites for hydroxylation is 1. The van der Waals surface area contributed by atoms with Gasteiger partial charge in [0.2, 0.25) is 0 Å². The highest BCUT2D eigenvalue weighted by Gasteiger charge is 2.07. The molecule has 17 heavy (non-hydrogen) atoms. The molecule has 0 saturated carbocycles. The molecule has 0 radical (unpaired) electrons. The van der Waals surface area contributed by atoms with Gasteiger partial charge in [-0.15, -0.1) is 0 Å². The summed E-state index contributed by atoms with van der Waals surface area (Å²) in [6, 6.07) is 7.09. The molecule has 2 aromatic rings. The van der Waals surface area contributed by atoms with Crippen molar-refractivity contribution in [1.82, 2.24) is 9.78 Å². The van der Waals surface area contributed by atoms with E-state index in [0.29, 0.717) is 17.1 Å². The Labute approximate surface area is 98.8 Å². The van der Waals surface area contributed by atoms with E-state index in [2.05, 4.69) is 5.10 Å². The van der Waals surface area contributed by atoms with Crippen LogP contribution >= 0.6 is 0 Å². The Balaban J connectivity index is 2.19. The third-order valence-corrected chi connectivity index (χ3v) is 2.45. The van der Waals surface area contributed by atoms with Gasteiger partial charge in [-0.05, 0) is 18.6 Å². The van der Waals surface area contributed by atoms with Gasteiger partial charge in [0, 0.05) is 6.07 Å². The number of benzene rings is 1. The van der Waals surface area contributed by atoms with Crippen LogP contribution in [0.15, 0.2) is 30.5 Å². The molecule has 0 aliphatic carbocycles. The SMILES string of the molecule is Cc1cccc(C=O)c1OCn1nccc1N. The second-order valence-electron chi connectivity index (χ2n) is 3.64. The molecular formula is C12H13N3O2. The van der Waals surface area contributed by atoms with E-state index in [1.807, 2.05) is 19.1 Å². The molecule has 0 atom stereocenters. The number of carbonyl (C=O) groups excluding carboxylic acids is 1. The van der Waals surface area contributed by atoms with E-state index < -0.39 is 0 Å².